The molecule has 1 aromatic rings. The Morgan fingerprint density at radius 3 is 2.64 bits per heavy atom. The van der Waals surface area contributed by atoms with Crippen LogP contribution in [-0.4, -0.2) is 17.4 Å². The number of rotatable bonds is 3. The molecular formula is C10H12ClNOS. The highest BCUT2D eigenvalue weighted by atomic mass is 35.5. The van der Waals surface area contributed by atoms with Gasteiger partial charge < -0.3 is 5.73 Å². The van der Waals surface area contributed by atoms with Gasteiger partial charge in [-0.25, -0.2) is 0 Å². The van der Waals surface area contributed by atoms with E-state index in [9.17, 15) is 4.79 Å². The molecule has 0 fully saturated rings. The highest BCUT2D eigenvalue weighted by molar-refractivity contribution is 7.98. The van der Waals surface area contributed by atoms with Crippen molar-refractivity contribution in [1.82, 2.24) is 0 Å². The van der Waals surface area contributed by atoms with E-state index in [0.29, 0.717) is 11.3 Å². The lowest BCUT2D eigenvalue weighted by molar-refractivity contribution is 0.0991. The maximum Gasteiger partial charge on any atom is 0.180 e. The quantitative estimate of drug-likeness (QED) is 0.375. The summed E-state index contributed by atoms with van der Waals surface area (Å²) in [5.41, 5.74) is 6.95. The Labute approximate surface area is 92.8 Å². The van der Waals surface area contributed by atoms with Crippen LogP contribution in [0.4, 0.5) is 5.69 Å². The minimum absolute atomic E-state index is 0.0916. The zero-order valence-electron chi connectivity index (χ0n) is 8.08. The molecule has 0 aliphatic rings. The monoisotopic (exact) mass is 229 g/mol. The van der Waals surface area contributed by atoms with E-state index in [-0.39, 0.29) is 5.78 Å². The summed E-state index contributed by atoms with van der Waals surface area (Å²) in [6, 6.07) is 5.27. The lowest BCUT2D eigenvalue weighted by Gasteiger charge is -2.06. The van der Waals surface area contributed by atoms with E-state index < -0.39 is 5.38 Å². The maximum absolute atomic E-state index is 11.5. The van der Waals surface area contributed by atoms with Crippen molar-refractivity contribution in [3.8, 4) is 0 Å². The second kappa shape index (κ2) is 4.71. The SMILES string of the molecule is CSc1ccc(C(=O)C(C)Cl)cc1N. The predicted molar refractivity (Wildman–Crippen MR) is 62.3 cm³/mol. The van der Waals surface area contributed by atoms with Crippen LogP contribution in [0.1, 0.15) is 17.3 Å². The Morgan fingerprint density at radius 1 is 1.57 bits per heavy atom. The molecule has 0 heterocycles. The zero-order valence-corrected chi connectivity index (χ0v) is 9.65. The van der Waals surface area contributed by atoms with Crippen molar-refractivity contribution in [1.29, 1.82) is 0 Å². The van der Waals surface area contributed by atoms with Crippen LogP contribution in [0, 0.1) is 0 Å². The van der Waals surface area contributed by atoms with Gasteiger partial charge in [0.15, 0.2) is 5.78 Å². The highest BCUT2D eigenvalue weighted by Gasteiger charge is 2.12. The fraction of sp³-hybridized carbons (Fsp3) is 0.300. The van der Waals surface area contributed by atoms with Crippen LogP contribution >= 0.6 is 23.4 Å². The lowest BCUT2D eigenvalue weighted by atomic mass is 10.1. The van der Waals surface area contributed by atoms with Gasteiger partial charge in [0, 0.05) is 16.1 Å². The van der Waals surface area contributed by atoms with Gasteiger partial charge in [-0.2, -0.15) is 0 Å². The summed E-state index contributed by atoms with van der Waals surface area (Å²) in [5.74, 6) is -0.0916. The number of hydrogen-bond donors (Lipinski definition) is 1. The third-order valence-electron chi connectivity index (χ3n) is 1.88. The molecule has 0 radical (unpaired) electrons. The van der Waals surface area contributed by atoms with E-state index in [2.05, 4.69) is 0 Å². The van der Waals surface area contributed by atoms with Gasteiger partial charge in [-0.3, -0.25) is 4.79 Å². The molecule has 0 aliphatic heterocycles. The zero-order chi connectivity index (χ0) is 10.7. The van der Waals surface area contributed by atoms with Gasteiger partial charge >= 0.3 is 0 Å². The van der Waals surface area contributed by atoms with Crippen molar-refractivity contribution in [2.75, 3.05) is 12.0 Å². The Morgan fingerprint density at radius 2 is 2.21 bits per heavy atom. The van der Waals surface area contributed by atoms with Crippen LogP contribution < -0.4 is 5.73 Å². The number of ketones is 1. The fourth-order valence-corrected chi connectivity index (χ4v) is 1.74. The summed E-state index contributed by atoms with van der Waals surface area (Å²) >= 11 is 7.25. The second-order valence-electron chi connectivity index (χ2n) is 2.94. The standard InChI is InChI=1S/C10H12ClNOS/c1-6(11)10(13)7-3-4-9(14-2)8(12)5-7/h3-6H,12H2,1-2H3. The minimum Gasteiger partial charge on any atom is -0.398 e. The summed E-state index contributed by atoms with van der Waals surface area (Å²) in [7, 11) is 0. The topological polar surface area (TPSA) is 43.1 Å². The Bertz CT molecular complexity index is 352. The smallest absolute Gasteiger partial charge is 0.180 e. The molecule has 4 heteroatoms. The molecule has 1 atom stereocenters. The lowest BCUT2D eigenvalue weighted by Crippen LogP contribution is -2.10. The van der Waals surface area contributed by atoms with Gasteiger partial charge in [0.05, 0.1) is 5.38 Å². The number of nitrogen functional groups attached to an aromatic ring is 1. The Balaban J connectivity index is 3.03. The molecular weight excluding hydrogens is 218 g/mol. The number of nitrogens with two attached hydrogens (primary N) is 1. The summed E-state index contributed by atoms with van der Waals surface area (Å²) in [6.45, 7) is 1.66. The summed E-state index contributed by atoms with van der Waals surface area (Å²) in [6.07, 6.45) is 1.94. The van der Waals surface area contributed by atoms with Crippen LogP contribution in [0.25, 0.3) is 0 Å². The summed E-state index contributed by atoms with van der Waals surface area (Å²) in [5, 5.41) is -0.505. The van der Waals surface area contributed by atoms with E-state index >= 15 is 0 Å². The van der Waals surface area contributed by atoms with E-state index in [1.807, 2.05) is 12.3 Å². The molecule has 76 valence electrons. The van der Waals surface area contributed by atoms with Gasteiger partial charge in [0.1, 0.15) is 0 Å². The predicted octanol–water partition coefficient (Wildman–Crippen LogP) is 2.80. The molecule has 1 rings (SSSR count). The molecule has 0 spiro atoms. The van der Waals surface area contributed by atoms with Crippen LogP contribution in [0.3, 0.4) is 0 Å². The molecule has 1 unspecified atom stereocenters. The molecule has 0 amide bonds. The van der Waals surface area contributed by atoms with Crippen molar-refractivity contribution in [2.24, 2.45) is 0 Å². The van der Waals surface area contributed by atoms with Crippen LogP contribution in [0.15, 0.2) is 23.1 Å². The Hall–Kier alpha value is -0.670. The Kier molecular flexibility index (Phi) is 3.84. The number of anilines is 1. The van der Waals surface area contributed by atoms with E-state index in [4.69, 9.17) is 17.3 Å². The van der Waals surface area contributed by atoms with Gasteiger partial charge in [0.25, 0.3) is 0 Å². The molecule has 2 nitrogen and oxygen atoms in total. The summed E-state index contributed by atoms with van der Waals surface area (Å²) in [4.78, 5) is 12.5. The largest absolute Gasteiger partial charge is 0.398 e. The first-order valence-electron chi connectivity index (χ1n) is 4.18. The summed E-state index contributed by atoms with van der Waals surface area (Å²) < 4.78 is 0. The van der Waals surface area contributed by atoms with Gasteiger partial charge in [-0.05, 0) is 25.3 Å². The molecule has 0 saturated carbocycles. The minimum atomic E-state index is -0.505. The third kappa shape index (κ3) is 2.42. The number of hydrogen-bond acceptors (Lipinski definition) is 3. The van der Waals surface area contributed by atoms with Crippen molar-refractivity contribution in [2.45, 2.75) is 17.2 Å². The van der Waals surface area contributed by atoms with Gasteiger partial charge in [-0.15, -0.1) is 23.4 Å². The number of carbonyl (C=O) groups is 1. The first-order valence-corrected chi connectivity index (χ1v) is 5.84. The van der Waals surface area contributed by atoms with E-state index in [1.54, 1.807) is 30.8 Å². The maximum atomic E-state index is 11.5. The number of thioether (sulfide) groups is 1. The van der Waals surface area contributed by atoms with Crippen molar-refractivity contribution >= 4 is 34.8 Å². The molecule has 2 N–H and O–H groups in total. The van der Waals surface area contributed by atoms with Crippen LogP contribution in [0.5, 0.6) is 0 Å². The van der Waals surface area contributed by atoms with Crippen molar-refractivity contribution < 1.29 is 4.79 Å². The van der Waals surface area contributed by atoms with E-state index in [0.717, 1.165) is 4.90 Å². The molecule has 0 aromatic heterocycles. The third-order valence-corrected chi connectivity index (χ3v) is 2.89. The van der Waals surface area contributed by atoms with Gasteiger partial charge in [0.2, 0.25) is 0 Å². The van der Waals surface area contributed by atoms with Crippen LogP contribution in [-0.2, 0) is 0 Å². The number of Topliss-reactive ketones (excluding diaryl/α,β-unsaturated/α-hetero) is 1. The molecule has 0 saturated heterocycles. The second-order valence-corrected chi connectivity index (χ2v) is 4.44. The molecule has 1 aromatic carbocycles. The highest BCUT2D eigenvalue weighted by Crippen LogP contribution is 2.24. The average molecular weight is 230 g/mol. The first-order chi connectivity index (χ1) is 6.56. The van der Waals surface area contributed by atoms with Crippen LogP contribution in [0.2, 0.25) is 0 Å². The normalized spacial score (nSPS) is 12.5. The fourth-order valence-electron chi connectivity index (χ4n) is 1.12. The molecule has 0 bridgehead atoms. The number of carbonyl (C=O) groups excluding carboxylic acids is 1. The first kappa shape index (κ1) is 11.4. The van der Waals surface area contributed by atoms with Crippen molar-refractivity contribution in [3.05, 3.63) is 23.8 Å². The number of alkyl halides is 1. The van der Waals surface area contributed by atoms with Crippen molar-refractivity contribution in [3.63, 3.8) is 0 Å². The number of halogens is 1. The van der Waals surface area contributed by atoms with Gasteiger partial charge in [-0.1, -0.05) is 6.07 Å². The molecule has 0 aliphatic carbocycles. The molecule has 14 heavy (non-hydrogen) atoms. The average Bonchev–Trinajstić information content (AvgIpc) is 2.16. The number of benzene rings is 1. The van der Waals surface area contributed by atoms with E-state index in [1.165, 1.54) is 0 Å².